The minimum Gasteiger partial charge on any atom is -0.412 e. The highest BCUT2D eigenvalue weighted by Crippen LogP contribution is 2.28. The molecule has 0 bridgehead atoms. The van der Waals surface area contributed by atoms with Crippen LogP contribution in [0.2, 0.25) is 0 Å². The molecule has 0 aliphatic heterocycles. The predicted molar refractivity (Wildman–Crippen MR) is 73.9 cm³/mol. The lowest BCUT2D eigenvalue weighted by Gasteiger charge is -2.28. The fourth-order valence-electron chi connectivity index (χ4n) is 2.25. The molecule has 2 heterocycles. The van der Waals surface area contributed by atoms with Crippen LogP contribution in [0.4, 0.5) is 8.78 Å². The third-order valence-electron chi connectivity index (χ3n) is 3.21. The van der Waals surface area contributed by atoms with Gasteiger partial charge in [-0.15, -0.1) is 0 Å². The third-order valence-corrected chi connectivity index (χ3v) is 3.21. The van der Waals surface area contributed by atoms with E-state index in [1.807, 2.05) is 0 Å². The molecule has 0 amide bonds. The van der Waals surface area contributed by atoms with Gasteiger partial charge in [-0.25, -0.2) is 28.1 Å². The molecule has 0 atom stereocenters. The summed E-state index contributed by atoms with van der Waals surface area (Å²) in [5.74, 6) is -1.56. The summed E-state index contributed by atoms with van der Waals surface area (Å²) in [6.45, 7) is -0.148. The Morgan fingerprint density at radius 1 is 1.00 bits per heavy atom. The smallest absolute Gasteiger partial charge is 0.137 e. The molecule has 0 unspecified atom stereocenters. The number of hydrogen-bond acceptors (Lipinski definition) is 5. The van der Waals surface area contributed by atoms with Crippen LogP contribution in [-0.2, 0) is 18.7 Å². The first-order valence-corrected chi connectivity index (χ1v) is 6.39. The maximum Gasteiger partial charge on any atom is 0.137 e. The van der Waals surface area contributed by atoms with Crippen LogP contribution in [0.1, 0.15) is 5.56 Å². The van der Waals surface area contributed by atoms with Gasteiger partial charge in [-0.1, -0.05) is 6.07 Å². The molecular weight excluding hydrogens is 310 g/mol. The molecule has 0 aliphatic rings. The standard InChI is InChI=1S/C13H12F2N6O.H2O/c14-10-1-2-11(12(15)3-10)13(22,4-20-8-16-6-18-20)5-21-9-17-7-19-21;/h1-3,6-9,22H,4-5H2;1H2. The van der Waals surface area contributed by atoms with Crippen molar-refractivity contribution in [3.8, 4) is 0 Å². The lowest BCUT2D eigenvalue weighted by atomic mass is 9.93. The first-order chi connectivity index (χ1) is 10.6. The van der Waals surface area contributed by atoms with Gasteiger partial charge in [0.2, 0.25) is 0 Å². The molecule has 3 aromatic rings. The molecule has 10 heteroatoms. The minimum atomic E-state index is -1.70. The Hall–Kier alpha value is -2.72. The van der Waals surface area contributed by atoms with E-state index in [1.165, 1.54) is 40.7 Å². The van der Waals surface area contributed by atoms with E-state index in [0.717, 1.165) is 12.1 Å². The van der Waals surface area contributed by atoms with Crippen molar-refractivity contribution >= 4 is 0 Å². The molecule has 122 valence electrons. The molecule has 0 saturated carbocycles. The molecule has 3 rings (SSSR count). The summed E-state index contributed by atoms with van der Waals surface area (Å²) in [6.07, 6.45) is 5.40. The van der Waals surface area contributed by atoms with E-state index in [9.17, 15) is 13.9 Å². The van der Waals surface area contributed by atoms with Crippen molar-refractivity contribution in [2.75, 3.05) is 0 Å². The van der Waals surface area contributed by atoms with Crippen molar-refractivity contribution in [3.63, 3.8) is 0 Å². The van der Waals surface area contributed by atoms with E-state index in [0.29, 0.717) is 0 Å². The zero-order chi connectivity index (χ0) is 15.6. The maximum atomic E-state index is 14.1. The normalized spacial score (nSPS) is 11.3. The van der Waals surface area contributed by atoms with Gasteiger partial charge in [-0.05, 0) is 6.07 Å². The fourth-order valence-corrected chi connectivity index (χ4v) is 2.25. The van der Waals surface area contributed by atoms with Crippen molar-refractivity contribution in [1.29, 1.82) is 0 Å². The molecule has 2 aromatic heterocycles. The maximum absolute atomic E-state index is 14.1. The average molecular weight is 324 g/mol. The Morgan fingerprint density at radius 2 is 1.57 bits per heavy atom. The van der Waals surface area contributed by atoms with Crippen molar-refractivity contribution in [1.82, 2.24) is 29.5 Å². The molecule has 0 saturated heterocycles. The molecule has 0 spiro atoms. The topological polar surface area (TPSA) is 113 Å². The Morgan fingerprint density at radius 3 is 2.00 bits per heavy atom. The van der Waals surface area contributed by atoms with Crippen LogP contribution in [-0.4, -0.2) is 40.1 Å². The van der Waals surface area contributed by atoms with Gasteiger partial charge in [0.05, 0.1) is 13.1 Å². The van der Waals surface area contributed by atoms with Gasteiger partial charge in [0.1, 0.15) is 42.5 Å². The SMILES string of the molecule is O.OC(Cn1cncn1)(Cn1cncn1)c1ccc(F)cc1F. The Labute approximate surface area is 129 Å². The van der Waals surface area contributed by atoms with E-state index in [4.69, 9.17) is 0 Å². The first-order valence-electron chi connectivity index (χ1n) is 6.39. The number of nitrogens with zero attached hydrogens (tertiary/aromatic N) is 6. The van der Waals surface area contributed by atoms with Crippen LogP contribution in [0.15, 0.2) is 43.5 Å². The Bertz CT molecular complexity index is 712. The van der Waals surface area contributed by atoms with Gasteiger partial charge in [-0.2, -0.15) is 10.2 Å². The van der Waals surface area contributed by atoms with Gasteiger partial charge in [0.25, 0.3) is 0 Å². The molecular formula is C13H14F2N6O2. The van der Waals surface area contributed by atoms with Crippen molar-refractivity contribution in [2.45, 2.75) is 18.7 Å². The summed E-state index contributed by atoms with van der Waals surface area (Å²) < 4.78 is 29.9. The minimum absolute atomic E-state index is 0. The van der Waals surface area contributed by atoms with Crippen LogP contribution < -0.4 is 0 Å². The van der Waals surface area contributed by atoms with E-state index in [-0.39, 0.29) is 24.1 Å². The highest BCUT2D eigenvalue weighted by Gasteiger charge is 2.34. The lowest BCUT2D eigenvalue weighted by Crippen LogP contribution is -2.37. The number of benzene rings is 1. The molecule has 23 heavy (non-hydrogen) atoms. The quantitative estimate of drug-likeness (QED) is 0.705. The van der Waals surface area contributed by atoms with Crippen LogP contribution in [0.25, 0.3) is 0 Å². The van der Waals surface area contributed by atoms with E-state index in [2.05, 4.69) is 20.2 Å². The number of aromatic nitrogens is 6. The highest BCUT2D eigenvalue weighted by atomic mass is 19.1. The van der Waals surface area contributed by atoms with Gasteiger partial charge < -0.3 is 10.6 Å². The van der Waals surface area contributed by atoms with Crippen molar-refractivity contribution < 1.29 is 19.4 Å². The Balaban J connectivity index is 0.00000192. The van der Waals surface area contributed by atoms with Gasteiger partial charge >= 0.3 is 0 Å². The third kappa shape index (κ3) is 3.55. The fraction of sp³-hybridized carbons (Fsp3) is 0.231. The molecule has 0 aliphatic carbocycles. The van der Waals surface area contributed by atoms with Crippen molar-refractivity contribution in [3.05, 3.63) is 60.7 Å². The molecule has 1 aromatic carbocycles. The summed E-state index contributed by atoms with van der Waals surface area (Å²) in [4.78, 5) is 7.57. The highest BCUT2D eigenvalue weighted by molar-refractivity contribution is 5.25. The summed E-state index contributed by atoms with van der Waals surface area (Å²) >= 11 is 0. The molecule has 0 fully saturated rings. The van der Waals surface area contributed by atoms with Gasteiger partial charge in [0, 0.05) is 11.6 Å². The van der Waals surface area contributed by atoms with E-state index >= 15 is 0 Å². The second-order valence-corrected chi connectivity index (χ2v) is 4.84. The first kappa shape index (κ1) is 16.6. The number of hydrogen-bond donors (Lipinski definition) is 1. The van der Waals surface area contributed by atoms with Gasteiger partial charge in [0.15, 0.2) is 0 Å². The zero-order valence-corrected chi connectivity index (χ0v) is 11.8. The summed E-state index contributed by atoms with van der Waals surface area (Å²) in [7, 11) is 0. The number of halogens is 2. The monoisotopic (exact) mass is 324 g/mol. The number of aliphatic hydroxyl groups is 1. The van der Waals surface area contributed by atoms with Crippen LogP contribution >= 0.6 is 0 Å². The predicted octanol–water partition coefficient (Wildman–Crippen LogP) is -0.0889. The molecule has 3 N–H and O–H groups in total. The van der Waals surface area contributed by atoms with Crippen LogP contribution in [0.3, 0.4) is 0 Å². The van der Waals surface area contributed by atoms with Crippen molar-refractivity contribution in [2.24, 2.45) is 0 Å². The molecule has 8 nitrogen and oxygen atoms in total. The lowest BCUT2D eigenvalue weighted by molar-refractivity contribution is -0.00855. The Kier molecular flexibility index (Phi) is 4.77. The van der Waals surface area contributed by atoms with E-state index in [1.54, 1.807) is 0 Å². The second-order valence-electron chi connectivity index (χ2n) is 4.84. The summed E-state index contributed by atoms with van der Waals surface area (Å²) in [5.41, 5.74) is -1.75. The summed E-state index contributed by atoms with van der Waals surface area (Å²) in [5, 5.41) is 18.8. The zero-order valence-electron chi connectivity index (χ0n) is 11.8. The van der Waals surface area contributed by atoms with Crippen LogP contribution in [0, 0.1) is 11.6 Å². The number of rotatable bonds is 5. The largest absolute Gasteiger partial charge is 0.412 e. The average Bonchev–Trinajstić information content (AvgIpc) is 3.12. The van der Waals surface area contributed by atoms with Crippen LogP contribution in [0.5, 0.6) is 0 Å². The molecule has 0 radical (unpaired) electrons. The van der Waals surface area contributed by atoms with Gasteiger partial charge in [-0.3, -0.25) is 0 Å². The summed E-state index contributed by atoms with van der Waals surface area (Å²) in [6, 6.07) is 3.02. The van der Waals surface area contributed by atoms with E-state index < -0.39 is 17.2 Å². The second kappa shape index (κ2) is 6.58.